The molecule has 0 saturated carbocycles. The first-order valence-corrected chi connectivity index (χ1v) is 9.60. The molecule has 7 nitrogen and oxygen atoms in total. The van der Waals surface area contributed by atoms with Crippen LogP contribution in [0.15, 0.2) is 47.4 Å². The number of ether oxygens (including phenoxy) is 1. The maximum Gasteiger partial charge on any atom is 0.245 e. The number of rotatable bonds is 4. The fourth-order valence-electron chi connectivity index (χ4n) is 3.12. The Labute approximate surface area is 150 Å². The van der Waals surface area contributed by atoms with Gasteiger partial charge in [-0.1, -0.05) is 17.3 Å². The van der Waals surface area contributed by atoms with Crippen molar-refractivity contribution in [1.82, 2.24) is 19.3 Å². The first-order valence-electron chi connectivity index (χ1n) is 8.16. The summed E-state index contributed by atoms with van der Waals surface area (Å²) in [7, 11) is -2.01. The van der Waals surface area contributed by atoms with Gasteiger partial charge in [0.25, 0.3) is 0 Å². The fraction of sp³-hybridized carbons (Fsp3) is 0.294. The Morgan fingerprint density at radius 1 is 1.23 bits per heavy atom. The van der Waals surface area contributed by atoms with E-state index in [0.29, 0.717) is 29.7 Å². The molecule has 26 heavy (non-hydrogen) atoms. The number of nitrogens with zero attached hydrogens (tertiary/aromatic N) is 4. The Hall–Kier alpha value is -2.52. The minimum absolute atomic E-state index is 0.134. The molecule has 4 rings (SSSR count). The highest BCUT2D eigenvalue weighted by atomic mass is 32.2. The quantitative estimate of drug-likeness (QED) is 0.696. The van der Waals surface area contributed by atoms with E-state index in [9.17, 15) is 12.8 Å². The lowest BCUT2D eigenvalue weighted by molar-refractivity contribution is 0.214. The van der Waals surface area contributed by atoms with Crippen LogP contribution in [0.25, 0.3) is 11.0 Å². The molecular formula is C17H17FN4O3S. The van der Waals surface area contributed by atoms with Crippen molar-refractivity contribution in [3.63, 3.8) is 0 Å². The minimum Gasteiger partial charge on any atom is -0.489 e. The lowest BCUT2D eigenvalue weighted by Gasteiger charge is -2.17. The molecule has 9 heteroatoms. The van der Waals surface area contributed by atoms with Gasteiger partial charge in [-0.25, -0.2) is 17.5 Å². The zero-order chi connectivity index (χ0) is 18.3. The molecule has 0 N–H and O–H groups in total. The summed E-state index contributed by atoms with van der Waals surface area (Å²) in [4.78, 5) is 0.134. The van der Waals surface area contributed by atoms with Gasteiger partial charge in [0.1, 0.15) is 28.1 Å². The van der Waals surface area contributed by atoms with Crippen LogP contribution < -0.4 is 4.74 Å². The van der Waals surface area contributed by atoms with Gasteiger partial charge in [0.05, 0.1) is 12.1 Å². The molecule has 0 radical (unpaired) electrons. The largest absolute Gasteiger partial charge is 0.489 e. The fourth-order valence-corrected chi connectivity index (χ4v) is 4.75. The third kappa shape index (κ3) is 2.93. The van der Waals surface area contributed by atoms with E-state index >= 15 is 0 Å². The molecule has 1 aromatic heterocycles. The first-order chi connectivity index (χ1) is 12.4. The van der Waals surface area contributed by atoms with Crippen molar-refractivity contribution in [2.24, 2.45) is 7.05 Å². The van der Waals surface area contributed by atoms with Crippen LogP contribution in [0.1, 0.15) is 6.42 Å². The number of aryl methyl sites for hydroxylation is 1. The van der Waals surface area contributed by atoms with Crippen LogP contribution >= 0.6 is 0 Å². The molecule has 136 valence electrons. The normalized spacial score (nSPS) is 18.5. The highest BCUT2D eigenvalue weighted by molar-refractivity contribution is 7.89. The van der Waals surface area contributed by atoms with Gasteiger partial charge in [-0.05, 0) is 30.7 Å². The second kappa shape index (κ2) is 6.33. The molecule has 0 aliphatic carbocycles. The average molecular weight is 376 g/mol. The van der Waals surface area contributed by atoms with Crippen molar-refractivity contribution >= 4 is 21.1 Å². The second-order valence-electron chi connectivity index (χ2n) is 6.19. The number of aromatic nitrogens is 3. The summed E-state index contributed by atoms with van der Waals surface area (Å²) in [6, 6.07) is 10.8. The molecule has 3 aromatic rings. The lowest BCUT2D eigenvalue weighted by atomic mass is 10.3. The summed E-state index contributed by atoms with van der Waals surface area (Å²) < 4.78 is 48.0. The van der Waals surface area contributed by atoms with Gasteiger partial charge < -0.3 is 4.74 Å². The van der Waals surface area contributed by atoms with Crippen molar-refractivity contribution < 1.29 is 17.5 Å². The van der Waals surface area contributed by atoms with Crippen molar-refractivity contribution in [3.8, 4) is 5.75 Å². The third-order valence-electron chi connectivity index (χ3n) is 4.43. The lowest BCUT2D eigenvalue weighted by Crippen LogP contribution is -2.31. The number of hydrogen-bond donors (Lipinski definition) is 0. The smallest absolute Gasteiger partial charge is 0.245 e. The van der Waals surface area contributed by atoms with E-state index in [-0.39, 0.29) is 23.4 Å². The van der Waals surface area contributed by atoms with Crippen LogP contribution in [0.3, 0.4) is 0 Å². The zero-order valence-electron chi connectivity index (χ0n) is 14.0. The molecule has 0 amide bonds. The van der Waals surface area contributed by atoms with Crippen molar-refractivity contribution in [2.75, 3.05) is 13.1 Å². The number of halogens is 1. The molecule has 0 bridgehead atoms. The van der Waals surface area contributed by atoms with Crippen LogP contribution in [0.2, 0.25) is 0 Å². The summed E-state index contributed by atoms with van der Waals surface area (Å²) >= 11 is 0. The third-order valence-corrected chi connectivity index (χ3v) is 6.33. The average Bonchev–Trinajstić information content (AvgIpc) is 3.22. The second-order valence-corrected chi connectivity index (χ2v) is 8.09. The van der Waals surface area contributed by atoms with E-state index < -0.39 is 10.0 Å². The SMILES string of the molecule is Cn1nnc2c(S(=O)(=O)N3CCC(Oc4cccc(F)c4)C3)cccc21. The summed E-state index contributed by atoms with van der Waals surface area (Å²) in [5.41, 5.74) is 1.00. The molecule has 2 aromatic carbocycles. The standard InChI is InChI=1S/C17H17FN4O3S/c1-21-15-6-3-7-16(17(15)19-20-21)26(23,24)22-9-8-14(11-22)25-13-5-2-4-12(18)10-13/h2-7,10,14H,8-9,11H2,1H3. The summed E-state index contributed by atoms with van der Waals surface area (Å²) in [5, 5.41) is 7.89. The molecule has 1 saturated heterocycles. The predicted octanol–water partition coefficient (Wildman–Crippen LogP) is 1.95. The van der Waals surface area contributed by atoms with E-state index in [1.807, 2.05) is 0 Å². The van der Waals surface area contributed by atoms with Crippen LogP contribution in [0.5, 0.6) is 5.75 Å². The molecule has 2 heterocycles. The van der Waals surface area contributed by atoms with Crippen LogP contribution in [0.4, 0.5) is 4.39 Å². The maximum atomic E-state index is 13.3. The van der Waals surface area contributed by atoms with Crippen LogP contribution in [-0.4, -0.2) is 46.9 Å². The Balaban J connectivity index is 1.57. The zero-order valence-corrected chi connectivity index (χ0v) is 14.9. The maximum absolute atomic E-state index is 13.3. The number of sulfonamides is 1. The number of benzene rings is 2. The minimum atomic E-state index is -3.72. The van der Waals surface area contributed by atoms with Gasteiger partial charge in [0, 0.05) is 19.7 Å². The summed E-state index contributed by atoms with van der Waals surface area (Å²) in [6.07, 6.45) is 0.208. The van der Waals surface area contributed by atoms with Crippen molar-refractivity contribution in [3.05, 3.63) is 48.3 Å². The first kappa shape index (κ1) is 16.9. The van der Waals surface area contributed by atoms with Gasteiger partial charge in [-0.15, -0.1) is 5.10 Å². The predicted molar refractivity (Wildman–Crippen MR) is 92.7 cm³/mol. The van der Waals surface area contributed by atoms with Gasteiger partial charge in [-0.3, -0.25) is 0 Å². The topological polar surface area (TPSA) is 77.3 Å². The Morgan fingerprint density at radius 3 is 2.85 bits per heavy atom. The van der Waals surface area contributed by atoms with Gasteiger partial charge in [0.15, 0.2) is 0 Å². The van der Waals surface area contributed by atoms with Gasteiger partial charge in [-0.2, -0.15) is 4.31 Å². The molecule has 1 fully saturated rings. The van der Waals surface area contributed by atoms with Crippen molar-refractivity contribution in [1.29, 1.82) is 0 Å². The Morgan fingerprint density at radius 2 is 2.04 bits per heavy atom. The Bertz CT molecular complexity index is 1070. The highest BCUT2D eigenvalue weighted by Gasteiger charge is 2.35. The summed E-state index contributed by atoms with van der Waals surface area (Å²) in [6.45, 7) is 0.536. The van der Waals surface area contributed by atoms with Gasteiger partial charge >= 0.3 is 0 Å². The van der Waals surface area contributed by atoms with E-state index in [4.69, 9.17) is 4.74 Å². The van der Waals surface area contributed by atoms with E-state index in [0.717, 1.165) is 0 Å². The van der Waals surface area contributed by atoms with Crippen LogP contribution in [-0.2, 0) is 17.1 Å². The number of hydrogen-bond acceptors (Lipinski definition) is 5. The highest BCUT2D eigenvalue weighted by Crippen LogP contribution is 2.28. The van der Waals surface area contributed by atoms with Gasteiger partial charge in [0.2, 0.25) is 10.0 Å². The molecular weight excluding hydrogens is 359 g/mol. The summed E-state index contributed by atoms with van der Waals surface area (Å²) in [5.74, 6) is 0.00424. The monoisotopic (exact) mass is 376 g/mol. The molecule has 1 unspecified atom stereocenters. The molecule has 1 atom stereocenters. The molecule has 1 aliphatic rings. The molecule has 1 aliphatic heterocycles. The van der Waals surface area contributed by atoms with E-state index in [1.54, 1.807) is 31.3 Å². The number of fused-ring (bicyclic) bond motifs is 1. The van der Waals surface area contributed by atoms with E-state index in [2.05, 4.69) is 10.3 Å². The molecule has 0 spiro atoms. The van der Waals surface area contributed by atoms with Crippen LogP contribution in [0, 0.1) is 5.82 Å². The van der Waals surface area contributed by atoms with Crippen molar-refractivity contribution in [2.45, 2.75) is 17.4 Å². The van der Waals surface area contributed by atoms with E-state index in [1.165, 1.54) is 27.2 Å². The Kier molecular flexibility index (Phi) is 4.12.